The van der Waals surface area contributed by atoms with E-state index < -0.39 is 17.7 Å². The van der Waals surface area contributed by atoms with Crippen LogP contribution in [0, 0.1) is 17.6 Å². The number of aromatic nitrogens is 1. The van der Waals surface area contributed by atoms with Crippen LogP contribution in [0.25, 0.3) is 10.9 Å². The van der Waals surface area contributed by atoms with Gasteiger partial charge in [0, 0.05) is 43.4 Å². The van der Waals surface area contributed by atoms with E-state index in [0.29, 0.717) is 31.0 Å². The zero-order valence-electron chi connectivity index (χ0n) is 16.6. The zero-order chi connectivity index (χ0) is 21.5. The van der Waals surface area contributed by atoms with Gasteiger partial charge in [-0.25, -0.2) is 18.6 Å². The standard InChI is InChI=1S/C23H20F2N4O2/c24-18-9-17(10-19(25)11-18)21-5-6-26-29(21)23(31)28-12-15(13-28)7-14-1-2-16-3-4-22(30)27-20(16)8-14/h1-4,6,8-11,15,21H,5,7,12-13H2,(H,27,30). The fraction of sp³-hybridized carbons (Fsp3) is 0.261. The van der Waals surface area contributed by atoms with Crippen LogP contribution in [0.5, 0.6) is 0 Å². The molecule has 3 aromatic rings. The second-order valence-electron chi connectivity index (χ2n) is 8.10. The van der Waals surface area contributed by atoms with Crippen LogP contribution in [-0.2, 0) is 6.42 Å². The lowest BCUT2D eigenvalue weighted by Crippen LogP contribution is -2.54. The lowest BCUT2D eigenvalue weighted by molar-refractivity contribution is 0.0834. The van der Waals surface area contributed by atoms with Crippen molar-refractivity contribution in [2.24, 2.45) is 11.0 Å². The Balaban J connectivity index is 1.23. The Morgan fingerprint density at radius 2 is 1.81 bits per heavy atom. The summed E-state index contributed by atoms with van der Waals surface area (Å²) in [6.07, 6.45) is 2.80. The molecular weight excluding hydrogens is 402 g/mol. The highest BCUT2D eigenvalue weighted by atomic mass is 19.1. The summed E-state index contributed by atoms with van der Waals surface area (Å²) in [6.45, 7) is 1.16. The van der Waals surface area contributed by atoms with Gasteiger partial charge in [-0.3, -0.25) is 4.79 Å². The van der Waals surface area contributed by atoms with Crippen molar-refractivity contribution in [1.29, 1.82) is 0 Å². The van der Waals surface area contributed by atoms with Gasteiger partial charge in [0.15, 0.2) is 0 Å². The van der Waals surface area contributed by atoms with Gasteiger partial charge < -0.3 is 9.88 Å². The van der Waals surface area contributed by atoms with E-state index in [0.717, 1.165) is 29.0 Å². The van der Waals surface area contributed by atoms with E-state index in [-0.39, 0.29) is 11.6 Å². The second kappa shape index (κ2) is 7.61. The van der Waals surface area contributed by atoms with Gasteiger partial charge in [0.25, 0.3) is 0 Å². The van der Waals surface area contributed by atoms with Crippen molar-refractivity contribution in [1.82, 2.24) is 14.9 Å². The largest absolute Gasteiger partial charge is 0.341 e. The number of urea groups is 1. The number of likely N-dealkylation sites (tertiary alicyclic amines) is 1. The molecule has 158 valence electrons. The van der Waals surface area contributed by atoms with Crippen LogP contribution in [0.3, 0.4) is 0 Å². The Labute approximate surface area is 176 Å². The molecule has 0 radical (unpaired) electrons. The number of halogens is 2. The van der Waals surface area contributed by atoms with Crippen molar-refractivity contribution in [3.05, 3.63) is 81.6 Å². The van der Waals surface area contributed by atoms with Gasteiger partial charge in [0.05, 0.1) is 6.04 Å². The summed E-state index contributed by atoms with van der Waals surface area (Å²) in [6, 6.07) is 11.8. The second-order valence-corrected chi connectivity index (χ2v) is 8.10. The van der Waals surface area contributed by atoms with E-state index >= 15 is 0 Å². The number of aromatic amines is 1. The van der Waals surface area contributed by atoms with E-state index in [1.165, 1.54) is 23.2 Å². The van der Waals surface area contributed by atoms with Crippen molar-refractivity contribution in [2.75, 3.05) is 13.1 Å². The van der Waals surface area contributed by atoms with Gasteiger partial charge >= 0.3 is 6.03 Å². The molecule has 31 heavy (non-hydrogen) atoms. The lowest BCUT2D eigenvalue weighted by atomic mass is 9.92. The highest BCUT2D eigenvalue weighted by Crippen LogP contribution is 2.32. The highest BCUT2D eigenvalue weighted by molar-refractivity contribution is 5.80. The first-order chi connectivity index (χ1) is 15.0. The van der Waals surface area contributed by atoms with Crippen LogP contribution in [0.4, 0.5) is 13.6 Å². The summed E-state index contributed by atoms with van der Waals surface area (Å²) in [7, 11) is 0. The third kappa shape index (κ3) is 3.81. The quantitative estimate of drug-likeness (QED) is 0.697. The topological polar surface area (TPSA) is 68.8 Å². The van der Waals surface area contributed by atoms with Crippen LogP contribution >= 0.6 is 0 Å². The molecule has 0 spiro atoms. The summed E-state index contributed by atoms with van der Waals surface area (Å²) < 4.78 is 27.2. The van der Waals surface area contributed by atoms with Gasteiger partial charge in [-0.15, -0.1) is 0 Å². The maximum atomic E-state index is 13.6. The molecule has 0 bridgehead atoms. The number of hydrogen-bond donors (Lipinski definition) is 1. The molecule has 2 aliphatic heterocycles. The number of nitrogens with zero attached hydrogens (tertiary/aromatic N) is 3. The first-order valence-electron chi connectivity index (χ1n) is 10.1. The number of hydrogen-bond acceptors (Lipinski definition) is 3. The number of amides is 2. The monoisotopic (exact) mass is 422 g/mol. The molecule has 1 saturated heterocycles. The lowest BCUT2D eigenvalue weighted by Gasteiger charge is -2.41. The summed E-state index contributed by atoms with van der Waals surface area (Å²) in [5, 5.41) is 6.43. The number of hydrazone groups is 1. The maximum absolute atomic E-state index is 13.6. The molecule has 3 heterocycles. The minimum Gasteiger partial charge on any atom is -0.322 e. The number of carbonyl (C=O) groups excluding carboxylic acids is 1. The average Bonchev–Trinajstić information content (AvgIpc) is 3.19. The number of H-pyrrole nitrogens is 1. The zero-order valence-corrected chi connectivity index (χ0v) is 16.6. The Morgan fingerprint density at radius 1 is 1.06 bits per heavy atom. The molecule has 6 nitrogen and oxygen atoms in total. The predicted molar refractivity (Wildman–Crippen MR) is 113 cm³/mol. The van der Waals surface area contributed by atoms with E-state index in [4.69, 9.17) is 0 Å². The maximum Gasteiger partial charge on any atom is 0.341 e. The van der Waals surface area contributed by atoms with Crippen molar-refractivity contribution in [3.8, 4) is 0 Å². The molecular formula is C23H20F2N4O2. The third-order valence-corrected chi connectivity index (χ3v) is 5.84. The van der Waals surface area contributed by atoms with E-state index in [1.807, 2.05) is 18.2 Å². The highest BCUT2D eigenvalue weighted by Gasteiger charge is 2.37. The molecule has 8 heteroatoms. The molecule has 2 amide bonds. The van der Waals surface area contributed by atoms with Crippen molar-refractivity contribution in [2.45, 2.75) is 18.9 Å². The molecule has 0 aliphatic carbocycles. The van der Waals surface area contributed by atoms with Gasteiger partial charge in [0.1, 0.15) is 11.6 Å². The van der Waals surface area contributed by atoms with Crippen molar-refractivity contribution < 1.29 is 13.6 Å². The van der Waals surface area contributed by atoms with Crippen LogP contribution in [0.2, 0.25) is 0 Å². The van der Waals surface area contributed by atoms with Crippen LogP contribution < -0.4 is 5.56 Å². The summed E-state index contributed by atoms with van der Waals surface area (Å²) in [4.78, 5) is 29.0. The number of carbonyl (C=O) groups is 1. The smallest absolute Gasteiger partial charge is 0.322 e. The van der Waals surface area contributed by atoms with Crippen molar-refractivity contribution in [3.63, 3.8) is 0 Å². The fourth-order valence-corrected chi connectivity index (χ4v) is 4.30. The molecule has 0 saturated carbocycles. The van der Waals surface area contributed by atoms with E-state index in [2.05, 4.69) is 10.1 Å². The van der Waals surface area contributed by atoms with Gasteiger partial charge in [0.2, 0.25) is 5.56 Å². The van der Waals surface area contributed by atoms with Gasteiger partial charge in [-0.2, -0.15) is 5.10 Å². The van der Waals surface area contributed by atoms with E-state index in [9.17, 15) is 18.4 Å². The Morgan fingerprint density at radius 3 is 2.58 bits per heavy atom. The Kier molecular flexibility index (Phi) is 4.77. The predicted octanol–water partition coefficient (Wildman–Crippen LogP) is 3.83. The van der Waals surface area contributed by atoms with E-state index in [1.54, 1.807) is 17.2 Å². The molecule has 5 rings (SSSR count). The number of fused-ring (bicyclic) bond motifs is 1. The van der Waals surface area contributed by atoms with Gasteiger partial charge in [-0.05, 0) is 53.1 Å². The molecule has 1 aromatic heterocycles. The minimum atomic E-state index is -0.671. The molecule has 1 N–H and O–H groups in total. The minimum absolute atomic E-state index is 0.135. The third-order valence-electron chi connectivity index (χ3n) is 5.84. The number of nitrogens with one attached hydrogen (secondary N) is 1. The number of benzene rings is 2. The first kappa shape index (κ1) is 19.4. The normalized spacial score (nSPS) is 18.6. The Bertz CT molecular complexity index is 1230. The molecule has 2 aromatic carbocycles. The van der Waals surface area contributed by atoms with Crippen LogP contribution in [0.15, 0.2) is 58.4 Å². The van der Waals surface area contributed by atoms with Crippen LogP contribution in [-0.4, -0.2) is 40.2 Å². The van der Waals surface area contributed by atoms with Gasteiger partial charge in [-0.1, -0.05) is 12.1 Å². The van der Waals surface area contributed by atoms with Crippen LogP contribution in [0.1, 0.15) is 23.6 Å². The summed E-state index contributed by atoms with van der Waals surface area (Å²) in [5.74, 6) is -1.04. The van der Waals surface area contributed by atoms with Crippen molar-refractivity contribution >= 4 is 23.1 Å². The number of rotatable bonds is 3. The number of pyridine rings is 1. The first-order valence-corrected chi connectivity index (χ1v) is 10.1. The molecule has 1 fully saturated rings. The SMILES string of the molecule is O=C(N1CC(Cc2ccc3ccc(=O)[nH]c3c2)C1)N1N=CCC1c1cc(F)cc(F)c1. The Hall–Kier alpha value is -3.55. The molecule has 1 atom stereocenters. The fourth-order valence-electron chi connectivity index (χ4n) is 4.30. The average molecular weight is 422 g/mol. The molecule has 2 aliphatic rings. The molecule has 1 unspecified atom stereocenters. The summed E-state index contributed by atoms with van der Waals surface area (Å²) in [5.41, 5.74) is 2.15. The summed E-state index contributed by atoms with van der Waals surface area (Å²) >= 11 is 0.